The highest BCUT2D eigenvalue weighted by Crippen LogP contribution is 2.35. The van der Waals surface area contributed by atoms with Gasteiger partial charge in [-0.25, -0.2) is 8.42 Å². The zero-order valence-corrected chi connectivity index (χ0v) is 18.3. The van der Waals surface area contributed by atoms with Gasteiger partial charge in [-0.05, 0) is 55.0 Å². The third-order valence-corrected chi connectivity index (χ3v) is 6.56. The molecular formula is C22H18ClF3N2O3S. The molecule has 0 atom stereocenters. The Balaban J connectivity index is 2.00. The quantitative estimate of drug-likeness (QED) is 0.504. The fourth-order valence-corrected chi connectivity index (χ4v) is 4.81. The van der Waals surface area contributed by atoms with Crippen molar-refractivity contribution < 1.29 is 26.4 Å². The first-order valence-electron chi connectivity index (χ1n) is 9.30. The number of anilines is 2. The van der Waals surface area contributed by atoms with Crippen LogP contribution in [-0.4, -0.2) is 20.9 Å². The molecule has 3 rings (SSSR count). The van der Waals surface area contributed by atoms with Crippen molar-refractivity contribution in [3.8, 4) is 0 Å². The molecule has 3 aromatic rings. The highest BCUT2D eigenvalue weighted by atomic mass is 35.5. The van der Waals surface area contributed by atoms with Crippen LogP contribution in [0.2, 0.25) is 5.02 Å². The van der Waals surface area contributed by atoms with Gasteiger partial charge < -0.3 is 5.32 Å². The number of hydrogen-bond acceptors (Lipinski definition) is 3. The molecule has 5 nitrogen and oxygen atoms in total. The van der Waals surface area contributed by atoms with E-state index in [1.165, 1.54) is 54.6 Å². The van der Waals surface area contributed by atoms with Gasteiger partial charge >= 0.3 is 6.18 Å². The van der Waals surface area contributed by atoms with E-state index >= 15 is 0 Å². The SMILES string of the molecule is Cc1cc(Cl)ccc1N(CC(=O)Nc1ccccc1C(F)(F)F)S(=O)(=O)c1ccccc1. The molecule has 32 heavy (non-hydrogen) atoms. The first kappa shape index (κ1) is 23.6. The first-order chi connectivity index (χ1) is 15.0. The predicted octanol–water partition coefficient (Wildman–Crippen LogP) is 5.50. The van der Waals surface area contributed by atoms with Gasteiger partial charge in [-0.2, -0.15) is 13.2 Å². The number of para-hydroxylation sites is 1. The van der Waals surface area contributed by atoms with Crippen LogP contribution < -0.4 is 9.62 Å². The van der Waals surface area contributed by atoms with E-state index in [0.29, 0.717) is 10.6 Å². The van der Waals surface area contributed by atoms with E-state index in [4.69, 9.17) is 11.6 Å². The Morgan fingerprint density at radius 3 is 2.25 bits per heavy atom. The molecule has 0 heterocycles. The zero-order chi connectivity index (χ0) is 23.5. The van der Waals surface area contributed by atoms with Crippen molar-refractivity contribution in [1.29, 1.82) is 0 Å². The molecule has 0 spiro atoms. The zero-order valence-electron chi connectivity index (χ0n) is 16.7. The lowest BCUT2D eigenvalue weighted by atomic mass is 10.1. The lowest BCUT2D eigenvalue weighted by molar-refractivity contribution is -0.137. The van der Waals surface area contributed by atoms with E-state index in [-0.39, 0.29) is 10.6 Å². The molecule has 1 amide bonds. The maximum absolute atomic E-state index is 13.3. The van der Waals surface area contributed by atoms with Crippen LogP contribution in [-0.2, 0) is 21.0 Å². The second kappa shape index (κ2) is 9.22. The largest absolute Gasteiger partial charge is 0.418 e. The average molecular weight is 483 g/mol. The van der Waals surface area contributed by atoms with Gasteiger partial charge in [-0.3, -0.25) is 9.10 Å². The van der Waals surface area contributed by atoms with Crippen LogP contribution >= 0.6 is 11.6 Å². The lowest BCUT2D eigenvalue weighted by Crippen LogP contribution is -2.38. The topological polar surface area (TPSA) is 66.5 Å². The number of nitrogens with zero attached hydrogens (tertiary/aromatic N) is 1. The highest BCUT2D eigenvalue weighted by molar-refractivity contribution is 7.92. The van der Waals surface area contributed by atoms with Crippen molar-refractivity contribution in [2.75, 3.05) is 16.2 Å². The molecule has 0 fully saturated rings. The minimum Gasteiger partial charge on any atom is -0.324 e. The number of alkyl halides is 3. The van der Waals surface area contributed by atoms with Crippen LogP contribution in [0.15, 0.2) is 77.7 Å². The number of nitrogens with one attached hydrogen (secondary N) is 1. The molecule has 3 aromatic carbocycles. The maximum atomic E-state index is 13.3. The monoisotopic (exact) mass is 482 g/mol. The van der Waals surface area contributed by atoms with E-state index < -0.39 is 39.9 Å². The normalized spacial score (nSPS) is 11.8. The molecule has 0 aliphatic heterocycles. The minimum absolute atomic E-state index is 0.0714. The summed E-state index contributed by atoms with van der Waals surface area (Å²) in [6.45, 7) is 0.872. The smallest absolute Gasteiger partial charge is 0.324 e. The van der Waals surface area contributed by atoms with Crippen molar-refractivity contribution in [1.82, 2.24) is 0 Å². The van der Waals surface area contributed by atoms with Crippen LogP contribution in [0, 0.1) is 6.92 Å². The van der Waals surface area contributed by atoms with Crippen molar-refractivity contribution in [3.05, 3.63) is 88.9 Å². The Morgan fingerprint density at radius 2 is 1.62 bits per heavy atom. The Kier molecular flexibility index (Phi) is 6.80. The third kappa shape index (κ3) is 5.23. The molecule has 0 radical (unpaired) electrons. The fourth-order valence-electron chi connectivity index (χ4n) is 3.08. The van der Waals surface area contributed by atoms with Crippen molar-refractivity contribution in [2.24, 2.45) is 0 Å². The Morgan fingerprint density at radius 1 is 1.00 bits per heavy atom. The predicted molar refractivity (Wildman–Crippen MR) is 117 cm³/mol. The summed E-state index contributed by atoms with van der Waals surface area (Å²) in [5.41, 5.74) is -0.846. The molecule has 0 aromatic heterocycles. The Bertz CT molecular complexity index is 1230. The third-order valence-electron chi connectivity index (χ3n) is 4.55. The number of amides is 1. The molecule has 0 aliphatic rings. The first-order valence-corrected chi connectivity index (χ1v) is 11.1. The number of carbonyl (C=O) groups excluding carboxylic acids is 1. The molecule has 0 saturated carbocycles. The van der Waals surface area contributed by atoms with Gasteiger partial charge in [-0.1, -0.05) is 41.9 Å². The van der Waals surface area contributed by atoms with E-state index in [9.17, 15) is 26.4 Å². The minimum atomic E-state index is -4.69. The van der Waals surface area contributed by atoms with Gasteiger partial charge in [0.2, 0.25) is 5.91 Å². The summed E-state index contributed by atoms with van der Waals surface area (Å²) in [6, 6.07) is 16.3. The number of carbonyl (C=O) groups is 1. The summed E-state index contributed by atoms with van der Waals surface area (Å²) in [5, 5.41) is 2.55. The van der Waals surface area contributed by atoms with Gasteiger partial charge in [-0.15, -0.1) is 0 Å². The van der Waals surface area contributed by atoms with Crippen LogP contribution in [0.25, 0.3) is 0 Å². The van der Waals surface area contributed by atoms with Crippen LogP contribution in [0.1, 0.15) is 11.1 Å². The van der Waals surface area contributed by atoms with E-state index in [1.807, 2.05) is 0 Å². The molecule has 0 aliphatic carbocycles. The van der Waals surface area contributed by atoms with Gasteiger partial charge in [0.25, 0.3) is 10.0 Å². The van der Waals surface area contributed by atoms with E-state index in [2.05, 4.69) is 5.32 Å². The van der Waals surface area contributed by atoms with Gasteiger partial charge in [0.05, 0.1) is 21.8 Å². The Labute approximate surface area is 188 Å². The van der Waals surface area contributed by atoms with Crippen molar-refractivity contribution in [2.45, 2.75) is 18.0 Å². The Hall–Kier alpha value is -3.04. The maximum Gasteiger partial charge on any atom is 0.418 e. The van der Waals surface area contributed by atoms with Gasteiger partial charge in [0, 0.05) is 5.02 Å². The summed E-state index contributed by atoms with van der Waals surface area (Å²) in [7, 11) is -4.21. The lowest BCUT2D eigenvalue weighted by Gasteiger charge is -2.26. The van der Waals surface area contributed by atoms with E-state index in [1.54, 1.807) is 13.0 Å². The molecule has 168 valence electrons. The molecule has 0 bridgehead atoms. The van der Waals surface area contributed by atoms with Gasteiger partial charge in [0.15, 0.2) is 0 Å². The summed E-state index contributed by atoms with van der Waals surface area (Å²) in [6.07, 6.45) is -4.69. The van der Waals surface area contributed by atoms with Crippen molar-refractivity contribution >= 4 is 38.9 Å². The van der Waals surface area contributed by atoms with Crippen LogP contribution in [0.3, 0.4) is 0 Å². The second-order valence-electron chi connectivity index (χ2n) is 6.85. The number of aryl methyl sites for hydroxylation is 1. The molecule has 10 heteroatoms. The summed E-state index contributed by atoms with van der Waals surface area (Å²) < 4.78 is 67.3. The van der Waals surface area contributed by atoms with Gasteiger partial charge in [0.1, 0.15) is 6.54 Å². The van der Waals surface area contributed by atoms with Crippen LogP contribution in [0.5, 0.6) is 0 Å². The number of hydrogen-bond donors (Lipinski definition) is 1. The number of benzene rings is 3. The standard InChI is InChI=1S/C22H18ClF3N2O3S/c1-15-13-16(23)11-12-20(15)28(32(30,31)17-7-3-2-4-8-17)14-21(29)27-19-10-6-5-9-18(19)22(24,25)26/h2-13H,14H2,1H3,(H,27,29). The highest BCUT2D eigenvalue weighted by Gasteiger charge is 2.34. The molecule has 1 N–H and O–H groups in total. The fraction of sp³-hybridized carbons (Fsp3) is 0.136. The summed E-state index contributed by atoms with van der Waals surface area (Å²) in [5.74, 6) is -0.935. The van der Waals surface area contributed by atoms with Crippen LogP contribution in [0.4, 0.5) is 24.5 Å². The number of sulfonamides is 1. The average Bonchev–Trinajstić information content (AvgIpc) is 2.73. The summed E-state index contributed by atoms with van der Waals surface area (Å²) >= 11 is 5.97. The number of halogens is 4. The molecular weight excluding hydrogens is 465 g/mol. The molecule has 0 unspecified atom stereocenters. The van der Waals surface area contributed by atoms with Crippen molar-refractivity contribution in [3.63, 3.8) is 0 Å². The number of rotatable bonds is 6. The molecule has 0 saturated heterocycles. The van der Waals surface area contributed by atoms with E-state index in [0.717, 1.165) is 16.4 Å². The second-order valence-corrected chi connectivity index (χ2v) is 9.15. The summed E-state index contributed by atoms with van der Waals surface area (Å²) in [4.78, 5) is 12.6.